The highest BCUT2D eigenvalue weighted by Crippen LogP contribution is 2.19. The Labute approximate surface area is 130 Å². The van der Waals surface area contributed by atoms with E-state index in [4.69, 9.17) is 34.0 Å². The van der Waals surface area contributed by atoms with E-state index in [9.17, 15) is 14.4 Å². The number of nitrogens with two attached hydrogens (primary N) is 1. The lowest BCUT2D eigenvalue weighted by Crippen LogP contribution is -2.42. The van der Waals surface area contributed by atoms with E-state index in [2.05, 4.69) is 5.32 Å². The SMILES string of the molecule is NC(=O)CC(NC(=O)/C=C/c1cc(Cl)cc(Cl)c1)C(=O)O. The Balaban J connectivity index is 2.73. The predicted molar refractivity (Wildman–Crippen MR) is 78.9 cm³/mol. The van der Waals surface area contributed by atoms with Crippen molar-refractivity contribution >= 4 is 47.1 Å². The third-order valence-electron chi connectivity index (χ3n) is 2.33. The van der Waals surface area contributed by atoms with Crippen LogP contribution in [0.1, 0.15) is 12.0 Å². The van der Waals surface area contributed by atoms with Crippen LogP contribution in [0.15, 0.2) is 24.3 Å². The summed E-state index contributed by atoms with van der Waals surface area (Å²) in [5, 5.41) is 11.8. The molecule has 0 fully saturated rings. The summed E-state index contributed by atoms with van der Waals surface area (Å²) in [5.41, 5.74) is 5.48. The Morgan fingerprint density at radius 1 is 1.24 bits per heavy atom. The van der Waals surface area contributed by atoms with E-state index in [1.165, 1.54) is 12.1 Å². The zero-order valence-electron chi connectivity index (χ0n) is 10.7. The van der Waals surface area contributed by atoms with Crippen molar-refractivity contribution in [2.45, 2.75) is 12.5 Å². The van der Waals surface area contributed by atoms with Gasteiger partial charge in [0.05, 0.1) is 6.42 Å². The lowest BCUT2D eigenvalue weighted by molar-refractivity contribution is -0.142. The Morgan fingerprint density at radius 2 is 1.81 bits per heavy atom. The number of carbonyl (C=O) groups is 3. The smallest absolute Gasteiger partial charge is 0.326 e. The molecule has 4 N–H and O–H groups in total. The molecule has 6 nitrogen and oxygen atoms in total. The molecule has 0 spiro atoms. The van der Waals surface area contributed by atoms with E-state index in [0.29, 0.717) is 15.6 Å². The molecule has 0 aliphatic heterocycles. The first-order valence-corrected chi connectivity index (χ1v) is 6.49. The third-order valence-corrected chi connectivity index (χ3v) is 2.77. The summed E-state index contributed by atoms with van der Waals surface area (Å²) in [5.74, 6) is -2.85. The first-order chi connectivity index (χ1) is 9.77. The number of carbonyl (C=O) groups excluding carboxylic acids is 2. The number of halogens is 2. The van der Waals surface area contributed by atoms with Gasteiger partial charge in [0.1, 0.15) is 6.04 Å². The van der Waals surface area contributed by atoms with E-state index >= 15 is 0 Å². The topological polar surface area (TPSA) is 109 Å². The highest BCUT2D eigenvalue weighted by atomic mass is 35.5. The van der Waals surface area contributed by atoms with Crippen LogP contribution < -0.4 is 11.1 Å². The second kappa shape index (κ2) is 7.66. The zero-order chi connectivity index (χ0) is 16.0. The molecule has 0 aromatic heterocycles. The van der Waals surface area contributed by atoms with Crippen LogP contribution in [0, 0.1) is 0 Å². The van der Waals surface area contributed by atoms with Gasteiger partial charge in [-0.15, -0.1) is 0 Å². The maximum absolute atomic E-state index is 11.6. The molecule has 0 saturated carbocycles. The highest BCUT2D eigenvalue weighted by Gasteiger charge is 2.20. The minimum atomic E-state index is -1.37. The maximum Gasteiger partial charge on any atom is 0.326 e. The monoisotopic (exact) mass is 330 g/mol. The van der Waals surface area contributed by atoms with Gasteiger partial charge in [0.25, 0.3) is 0 Å². The number of hydrogen-bond acceptors (Lipinski definition) is 3. The molecule has 21 heavy (non-hydrogen) atoms. The van der Waals surface area contributed by atoms with Crippen molar-refractivity contribution in [2.75, 3.05) is 0 Å². The van der Waals surface area contributed by atoms with Gasteiger partial charge in [0, 0.05) is 16.1 Å². The van der Waals surface area contributed by atoms with Gasteiger partial charge in [-0.25, -0.2) is 4.79 Å². The summed E-state index contributed by atoms with van der Waals surface area (Å²) >= 11 is 11.6. The average molecular weight is 331 g/mol. The van der Waals surface area contributed by atoms with Crippen molar-refractivity contribution in [3.63, 3.8) is 0 Å². The molecule has 1 aromatic carbocycles. The van der Waals surface area contributed by atoms with Gasteiger partial charge in [-0.05, 0) is 29.8 Å². The van der Waals surface area contributed by atoms with E-state index in [1.807, 2.05) is 0 Å². The number of primary amides is 1. The minimum absolute atomic E-state index is 0.402. The summed E-state index contributed by atoms with van der Waals surface area (Å²) in [6.07, 6.45) is 2.03. The third kappa shape index (κ3) is 6.29. The van der Waals surface area contributed by atoms with Crippen molar-refractivity contribution in [3.8, 4) is 0 Å². The molecule has 0 bridgehead atoms. The number of amides is 2. The number of nitrogens with one attached hydrogen (secondary N) is 1. The van der Waals surface area contributed by atoms with Crippen LogP contribution in [-0.4, -0.2) is 28.9 Å². The van der Waals surface area contributed by atoms with Crippen molar-refractivity contribution in [1.82, 2.24) is 5.32 Å². The predicted octanol–water partition coefficient (Wildman–Crippen LogP) is 1.45. The number of carboxylic acid groups (broad SMARTS) is 1. The number of benzene rings is 1. The Bertz CT molecular complexity index is 582. The van der Waals surface area contributed by atoms with Crippen molar-refractivity contribution < 1.29 is 19.5 Å². The second-order valence-electron chi connectivity index (χ2n) is 4.11. The van der Waals surface area contributed by atoms with Gasteiger partial charge in [-0.3, -0.25) is 9.59 Å². The molecular weight excluding hydrogens is 319 g/mol. The molecular formula is C13H12Cl2N2O4. The quantitative estimate of drug-likeness (QED) is 0.685. The minimum Gasteiger partial charge on any atom is -0.480 e. The average Bonchev–Trinajstić information content (AvgIpc) is 2.33. The van der Waals surface area contributed by atoms with Crippen LogP contribution in [0.25, 0.3) is 6.08 Å². The molecule has 0 aliphatic carbocycles. The fourth-order valence-corrected chi connectivity index (χ4v) is 2.01. The normalized spacial score (nSPS) is 12.1. The van der Waals surface area contributed by atoms with E-state index in [1.54, 1.807) is 12.1 Å². The van der Waals surface area contributed by atoms with Crippen molar-refractivity contribution in [3.05, 3.63) is 39.9 Å². The summed E-state index contributed by atoms with van der Waals surface area (Å²) < 4.78 is 0. The van der Waals surface area contributed by atoms with Crippen molar-refractivity contribution in [2.24, 2.45) is 5.73 Å². The van der Waals surface area contributed by atoms with Gasteiger partial charge in [-0.2, -0.15) is 0 Å². The van der Waals surface area contributed by atoms with Gasteiger partial charge in [0.15, 0.2) is 0 Å². The zero-order valence-corrected chi connectivity index (χ0v) is 12.2. The van der Waals surface area contributed by atoms with E-state index < -0.39 is 30.2 Å². The van der Waals surface area contributed by atoms with Crippen LogP contribution in [0.4, 0.5) is 0 Å². The molecule has 1 aromatic rings. The maximum atomic E-state index is 11.6. The van der Waals surface area contributed by atoms with Gasteiger partial charge >= 0.3 is 5.97 Å². The van der Waals surface area contributed by atoms with Crippen LogP contribution in [0.3, 0.4) is 0 Å². The molecule has 112 valence electrons. The molecule has 1 unspecified atom stereocenters. The summed E-state index contributed by atoms with van der Waals surface area (Å²) in [7, 11) is 0. The Morgan fingerprint density at radius 3 is 2.29 bits per heavy atom. The fourth-order valence-electron chi connectivity index (χ4n) is 1.46. The van der Waals surface area contributed by atoms with Gasteiger partial charge in [-0.1, -0.05) is 23.2 Å². The van der Waals surface area contributed by atoms with Crippen LogP contribution in [-0.2, 0) is 14.4 Å². The van der Waals surface area contributed by atoms with E-state index in [0.717, 1.165) is 6.08 Å². The molecule has 8 heteroatoms. The molecule has 0 heterocycles. The molecule has 2 amide bonds. The van der Waals surface area contributed by atoms with Gasteiger partial charge < -0.3 is 16.2 Å². The second-order valence-corrected chi connectivity index (χ2v) is 4.98. The molecule has 0 aliphatic rings. The Hall–Kier alpha value is -2.05. The molecule has 1 rings (SSSR count). The summed E-state index contributed by atoms with van der Waals surface area (Å²) in [6.45, 7) is 0. The largest absolute Gasteiger partial charge is 0.480 e. The van der Waals surface area contributed by atoms with Crippen LogP contribution >= 0.6 is 23.2 Å². The van der Waals surface area contributed by atoms with Crippen LogP contribution in [0.5, 0.6) is 0 Å². The number of rotatable bonds is 6. The molecule has 1 atom stereocenters. The lowest BCUT2D eigenvalue weighted by atomic mass is 10.2. The standard InChI is InChI=1S/C13H12Cl2N2O4/c14-8-3-7(4-9(15)5-8)1-2-12(19)17-10(13(20)21)6-11(16)18/h1-5,10H,6H2,(H2,16,18)(H,17,19)(H,20,21)/b2-1+. The molecule has 0 saturated heterocycles. The lowest BCUT2D eigenvalue weighted by Gasteiger charge is -2.10. The number of carboxylic acids is 1. The first-order valence-electron chi connectivity index (χ1n) is 5.73. The number of aliphatic carboxylic acids is 1. The molecule has 0 radical (unpaired) electrons. The van der Waals surface area contributed by atoms with E-state index in [-0.39, 0.29) is 0 Å². The number of hydrogen-bond donors (Lipinski definition) is 3. The van der Waals surface area contributed by atoms with Crippen LogP contribution in [0.2, 0.25) is 10.0 Å². The summed E-state index contributed by atoms with van der Waals surface area (Å²) in [6, 6.07) is 3.32. The van der Waals surface area contributed by atoms with Crippen molar-refractivity contribution in [1.29, 1.82) is 0 Å². The van der Waals surface area contributed by atoms with Gasteiger partial charge in [0.2, 0.25) is 11.8 Å². The highest BCUT2D eigenvalue weighted by molar-refractivity contribution is 6.34. The fraction of sp³-hybridized carbons (Fsp3) is 0.154. The Kier molecular flexibility index (Phi) is 6.20. The summed E-state index contributed by atoms with van der Waals surface area (Å²) in [4.78, 5) is 33.2. The first kappa shape index (κ1) is 17.0.